The molecule has 5 atom stereocenters. The van der Waals surface area contributed by atoms with Crippen LogP contribution in [-0.2, 0) is 17.8 Å². The zero-order valence-electron chi connectivity index (χ0n) is 18.2. The minimum absolute atomic E-state index is 0.0139. The topological polar surface area (TPSA) is 49.4 Å². The second-order valence-electron chi connectivity index (χ2n) is 9.77. The van der Waals surface area contributed by atoms with E-state index in [4.69, 9.17) is 0 Å². The summed E-state index contributed by atoms with van der Waals surface area (Å²) in [6, 6.07) is 19.3. The Hall–Kier alpha value is -3.58. The van der Waals surface area contributed by atoms with Crippen LogP contribution in [0.4, 0.5) is 19.3 Å². The van der Waals surface area contributed by atoms with Crippen molar-refractivity contribution in [2.45, 2.75) is 37.0 Å². The fourth-order valence-electron chi connectivity index (χ4n) is 6.68. The fraction of sp³-hybridized carbons (Fsp3) is 0.259. The first-order valence-electron chi connectivity index (χ1n) is 11.6. The summed E-state index contributed by atoms with van der Waals surface area (Å²) in [4.78, 5) is 28.7. The van der Waals surface area contributed by atoms with E-state index in [0.717, 1.165) is 18.2 Å². The number of carbonyl (C=O) groups excluding carboxylic acids is 2. The third kappa shape index (κ3) is 2.45. The molecule has 34 heavy (non-hydrogen) atoms. The third-order valence-corrected chi connectivity index (χ3v) is 8.26. The van der Waals surface area contributed by atoms with Crippen molar-refractivity contribution in [3.63, 3.8) is 0 Å². The van der Waals surface area contributed by atoms with Crippen LogP contribution in [0.15, 0.2) is 66.7 Å². The van der Waals surface area contributed by atoms with E-state index >= 15 is 0 Å². The molecule has 3 aromatic rings. The zero-order chi connectivity index (χ0) is 23.2. The van der Waals surface area contributed by atoms with Crippen LogP contribution < -0.4 is 5.32 Å². The molecule has 0 radical (unpaired) electrons. The Morgan fingerprint density at radius 3 is 2.56 bits per heavy atom. The summed E-state index contributed by atoms with van der Waals surface area (Å²) in [5, 5.41) is 2.67. The molecule has 3 aliphatic heterocycles. The highest BCUT2D eigenvalue weighted by molar-refractivity contribution is 5.95. The van der Waals surface area contributed by atoms with Crippen LogP contribution in [0.25, 0.3) is 0 Å². The van der Waals surface area contributed by atoms with E-state index in [9.17, 15) is 18.4 Å². The molecule has 1 N–H and O–H groups in total. The molecule has 4 aliphatic rings. The standard InChI is InChI=1S/C27H21F2N3O2/c28-20-10-11-21-18(23(20)29)13-31(27(34)30-21)22(12-15-6-2-1-3-7-15)26(33)32-14-19-16-8-4-5-9-17(16)24(32)25(19)32/h1-11,19,22,24-25H,12-14H2/p+1/t19-,22-,24+,25?,32?/m1/s1. The number of amides is 3. The smallest absolute Gasteiger partial charge is 0.307 e. The van der Waals surface area contributed by atoms with E-state index in [1.54, 1.807) is 0 Å². The van der Waals surface area contributed by atoms with Gasteiger partial charge in [0.25, 0.3) is 0 Å². The zero-order valence-corrected chi connectivity index (χ0v) is 18.2. The van der Waals surface area contributed by atoms with Gasteiger partial charge in [0.05, 0.1) is 24.7 Å². The van der Waals surface area contributed by atoms with Crippen molar-refractivity contribution >= 4 is 17.6 Å². The average molecular weight is 458 g/mol. The van der Waals surface area contributed by atoms with Gasteiger partial charge in [0, 0.05) is 17.5 Å². The van der Waals surface area contributed by atoms with Crippen LogP contribution in [-0.4, -0.2) is 39.9 Å². The number of fused-ring (bicyclic) bond motifs is 5. The molecule has 5 nitrogen and oxygen atoms in total. The van der Waals surface area contributed by atoms with Gasteiger partial charge in [-0.25, -0.2) is 22.9 Å². The summed E-state index contributed by atoms with van der Waals surface area (Å²) < 4.78 is 29.0. The minimum Gasteiger partial charge on any atom is -0.307 e. The van der Waals surface area contributed by atoms with Crippen LogP contribution in [0.1, 0.15) is 34.2 Å². The van der Waals surface area contributed by atoms with Crippen molar-refractivity contribution in [2.24, 2.45) is 0 Å². The molecular weight excluding hydrogens is 436 g/mol. The van der Waals surface area contributed by atoms with Crippen molar-refractivity contribution in [1.29, 1.82) is 0 Å². The first-order chi connectivity index (χ1) is 16.5. The van der Waals surface area contributed by atoms with Gasteiger partial charge in [-0.2, -0.15) is 0 Å². The van der Waals surface area contributed by atoms with E-state index in [2.05, 4.69) is 17.4 Å². The van der Waals surface area contributed by atoms with Crippen LogP contribution in [0.3, 0.4) is 0 Å². The number of halogens is 2. The number of urea groups is 1. The molecular formula is C27H22F2N3O2+. The second kappa shape index (κ2) is 6.73. The molecule has 3 amide bonds. The Bertz CT molecular complexity index is 1380. The molecule has 0 aromatic heterocycles. The van der Waals surface area contributed by atoms with Gasteiger partial charge in [-0.05, 0) is 23.3 Å². The van der Waals surface area contributed by atoms with Crippen molar-refractivity contribution in [3.8, 4) is 0 Å². The Morgan fingerprint density at radius 1 is 1.03 bits per heavy atom. The maximum Gasteiger partial charge on any atom is 0.337 e. The van der Waals surface area contributed by atoms with E-state index in [1.165, 1.54) is 22.1 Å². The number of carbonyl (C=O) groups is 2. The second-order valence-corrected chi connectivity index (χ2v) is 9.77. The van der Waals surface area contributed by atoms with Gasteiger partial charge in [-0.1, -0.05) is 54.6 Å². The molecule has 0 spiro atoms. The summed E-state index contributed by atoms with van der Waals surface area (Å²) in [5.41, 5.74) is 3.81. The molecule has 0 bridgehead atoms. The first kappa shape index (κ1) is 19.9. The lowest BCUT2D eigenvalue weighted by atomic mass is 9.89. The van der Waals surface area contributed by atoms with Crippen molar-refractivity contribution in [3.05, 3.63) is 101 Å². The van der Waals surface area contributed by atoms with Crippen molar-refractivity contribution in [1.82, 2.24) is 4.90 Å². The number of rotatable bonds is 4. The fourth-order valence-corrected chi connectivity index (χ4v) is 6.68. The van der Waals surface area contributed by atoms with E-state index in [-0.39, 0.29) is 35.8 Å². The van der Waals surface area contributed by atoms with Gasteiger partial charge in [0.15, 0.2) is 29.8 Å². The number of benzene rings is 3. The normalized spacial score (nSPS) is 28.2. The van der Waals surface area contributed by atoms with Gasteiger partial charge in [0.1, 0.15) is 0 Å². The molecule has 2 fully saturated rings. The quantitative estimate of drug-likeness (QED) is 0.462. The van der Waals surface area contributed by atoms with E-state index in [0.29, 0.717) is 16.8 Å². The van der Waals surface area contributed by atoms with E-state index in [1.807, 2.05) is 42.5 Å². The number of hydrogen-bond acceptors (Lipinski definition) is 2. The molecule has 1 aliphatic carbocycles. The summed E-state index contributed by atoms with van der Waals surface area (Å²) in [6.07, 6.45) is 0.325. The number of anilines is 1. The highest BCUT2D eigenvalue weighted by Gasteiger charge is 2.87. The van der Waals surface area contributed by atoms with E-state index < -0.39 is 23.7 Å². The summed E-state index contributed by atoms with van der Waals surface area (Å²) >= 11 is 0. The highest BCUT2D eigenvalue weighted by atomic mass is 19.2. The van der Waals surface area contributed by atoms with Gasteiger partial charge in [0.2, 0.25) is 0 Å². The van der Waals surface area contributed by atoms with Crippen LogP contribution >= 0.6 is 0 Å². The van der Waals surface area contributed by atoms with Gasteiger partial charge < -0.3 is 10.2 Å². The lowest BCUT2D eigenvalue weighted by Gasteiger charge is -2.41. The lowest BCUT2D eigenvalue weighted by molar-refractivity contribution is -0.794. The number of nitrogens with zero attached hydrogens (tertiary/aromatic N) is 2. The molecule has 170 valence electrons. The minimum atomic E-state index is -0.984. The number of nitrogens with one attached hydrogen (secondary N) is 1. The summed E-state index contributed by atoms with van der Waals surface area (Å²) in [5.74, 6) is -1.59. The largest absolute Gasteiger partial charge is 0.337 e. The predicted molar refractivity (Wildman–Crippen MR) is 121 cm³/mol. The van der Waals surface area contributed by atoms with Crippen LogP contribution in [0.2, 0.25) is 0 Å². The predicted octanol–water partition coefficient (Wildman–Crippen LogP) is 4.50. The van der Waals surface area contributed by atoms with Crippen LogP contribution in [0.5, 0.6) is 0 Å². The number of quaternary nitrogens is 1. The monoisotopic (exact) mass is 458 g/mol. The Balaban J connectivity index is 1.26. The molecule has 2 saturated heterocycles. The van der Waals surface area contributed by atoms with Crippen molar-refractivity contribution in [2.75, 3.05) is 11.9 Å². The third-order valence-electron chi connectivity index (χ3n) is 8.26. The molecule has 7 heteroatoms. The average Bonchev–Trinajstić information content (AvgIpc) is 3.27. The maximum atomic E-state index is 14.6. The molecule has 2 unspecified atom stereocenters. The lowest BCUT2D eigenvalue weighted by Crippen LogP contribution is -2.61. The number of hydrogen-bond donors (Lipinski definition) is 1. The van der Waals surface area contributed by atoms with Crippen LogP contribution in [0, 0.1) is 11.6 Å². The summed E-state index contributed by atoms with van der Waals surface area (Å²) in [6.45, 7) is 0.592. The Morgan fingerprint density at radius 2 is 1.76 bits per heavy atom. The highest BCUT2D eigenvalue weighted by Crippen LogP contribution is 2.73. The molecule has 3 aromatic carbocycles. The SMILES string of the molecule is O=C1Nc2ccc(F)c(F)c2CN1[C@H](Cc1ccccc1)C(=O)[N+]12C[C@@H]3c4ccccc4[C@H]1C32. The Kier molecular flexibility index (Phi) is 3.93. The molecule has 3 heterocycles. The molecule has 0 saturated carbocycles. The Labute approximate surface area is 195 Å². The molecule has 7 rings (SSSR count). The van der Waals surface area contributed by atoms with Gasteiger partial charge in [-0.3, -0.25) is 0 Å². The van der Waals surface area contributed by atoms with Gasteiger partial charge >= 0.3 is 11.9 Å². The van der Waals surface area contributed by atoms with Crippen molar-refractivity contribution < 1.29 is 22.9 Å². The maximum absolute atomic E-state index is 14.6. The summed E-state index contributed by atoms with van der Waals surface area (Å²) in [7, 11) is 0. The van der Waals surface area contributed by atoms with Gasteiger partial charge in [-0.15, -0.1) is 0 Å². The first-order valence-corrected chi connectivity index (χ1v) is 11.6.